The molecule has 0 saturated carbocycles. The SMILES string of the molecule is COc1cc(C2CNCCN2C(=O)OC(C)(C)C)ccc1C. The Balaban J connectivity index is 2.24. The monoisotopic (exact) mass is 306 g/mol. The van der Waals surface area contributed by atoms with Crippen molar-refractivity contribution in [3.05, 3.63) is 29.3 Å². The average Bonchev–Trinajstić information content (AvgIpc) is 2.46. The van der Waals surface area contributed by atoms with Crippen LogP contribution in [-0.2, 0) is 4.74 Å². The van der Waals surface area contributed by atoms with E-state index < -0.39 is 5.60 Å². The number of carbonyl (C=O) groups is 1. The Bertz CT molecular complexity index is 537. The van der Waals surface area contributed by atoms with Gasteiger partial charge in [-0.2, -0.15) is 0 Å². The quantitative estimate of drug-likeness (QED) is 0.913. The Morgan fingerprint density at radius 1 is 1.36 bits per heavy atom. The molecule has 122 valence electrons. The highest BCUT2D eigenvalue weighted by molar-refractivity contribution is 5.69. The molecule has 0 bridgehead atoms. The van der Waals surface area contributed by atoms with E-state index in [1.54, 1.807) is 12.0 Å². The fourth-order valence-corrected chi connectivity index (χ4v) is 2.59. The van der Waals surface area contributed by atoms with Crippen LogP contribution in [0.3, 0.4) is 0 Å². The van der Waals surface area contributed by atoms with Gasteiger partial charge in [-0.05, 0) is 44.9 Å². The number of benzene rings is 1. The molecule has 1 aliphatic heterocycles. The van der Waals surface area contributed by atoms with E-state index in [1.807, 2.05) is 45.9 Å². The van der Waals surface area contributed by atoms with Crippen LogP contribution in [-0.4, -0.2) is 43.3 Å². The molecule has 0 radical (unpaired) electrons. The van der Waals surface area contributed by atoms with E-state index in [0.29, 0.717) is 13.1 Å². The first-order valence-corrected chi connectivity index (χ1v) is 7.66. The molecule has 1 unspecified atom stereocenters. The zero-order chi connectivity index (χ0) is 16.3. The molecule has 22 heavy (non-hydrogen) atoms. The number of amides is 1. The maximum absolute atomic E-state index is 12.5. The lowest BCUT2D eigenvalue weighted by Gasteiger charge is -2.37. The van der Waals surface area contributed by atoms with Gasteiger partial charge in [-0.15, -0.1) is 0 Å². The minimum atomic E-state index is -0.489. The van der Waals surface area contributed by atoms with E-state index in [2.05, 4.69) is 5.32 Å². The summed E-state index contributed by atoms with van der Waals surface area (Å²) in [5.74, 6) is 0.840. The lowest BCUT2D eigenvalue weighted by atomic mass is 10.0. The van der Waals surface area contributed by atoms with Crippen molar-refractivity contribution < 1.29 is 14.3 Å². The number of hydrogen-bond acceptors (Lipinski definition) is 4. The van der Waals surface area contributed by atoms with Gasteiger partial charge in [0.25, 0.3) is 0 Å². The van der Waals surface area contributed by atoms with Crippen LogP contribution >= 0.6 is 0 Å². The van der Waals surface area contributed by atoms with E-state index >= 15 is 0 Å². The summed E-state index contributed by atoms with van der Waals surface area (Å²) >= 11 is 0. The van der Waals surface area contributed by atoms with Crippen LogP contribution in [0.15, 0.2) is 18.2 Å². The number of piperazine rings is 1. The summed E-state index contributed by atoms with van der Waals surface area (Å²) in [6, 6.07) is 6.03. The second-order valence-electron chi connectivity index (χ2n) is 6.62. The first-order chi connectivity index (χ1) is 10.3. The van der Waals surface area contributed by atoms with Gasteiger partial charge in [-0.25, -0.2) is 4.79 Å². The number of carbonyl (C=O) groups excluding carboxylic acids is 1. The molecule has 5 nitrogen and oxygen atoms in total. The molecule has 1 saturated heterocycles. The van der Waals surface area contributed by atoms with Crippen molar-refractivity contribution in [2.24, 2.45) is 0 Å². The number of hydrogen-bond donors (Lipinski definition) is 1. The average molecular weight is 306 g/mol. The summed E-state index contributed by atoms with van der Waals surface area (Å²) in [6.07, 6.45) is -0.265. The fourth-order valence-electron chi connectivity index (χ4n) is 2.59. The van der Waals surface area contributed by atoms with Crippen molar-refractivity contribution in [1.82, 2.24) is 10.2 Å². The zero-order valence-corrected chi connectivity index (χ0v) is 14.1. The molecule has 0 aliphatic carbocycles. The third kappa shape index (κ3) is 3.91. The molecule has 1 aromatic rings. The van der Waals surface area contributed by atoms with E-state index in [1.165, 1.54) is 0 Å². The molecular weight excluding hydrogens is 280 g/mol. The number of aryl methyl sites for hydroxylation is 1. The lowest BCUT2D eigenvalue weighted by Crippen LogP contribution is -2.50. The molecule has 5 heteroatoms. The van der Waals surface area contributed by atoms with Crippen LogP contribution in [0.1, 0.15) is 37.9 Å². The van der Waals surface area contributed by atoms with E-state index in [-0.39, 0.29) is 12.1 Å². The number of nitrogens with one attached hydrogen (secondary N) is 1. The summed E-state index contributed by atoms with van der Waals surface area (Å²) in [5.41, 5.74) is 1.65. The second kappa shape index (κ2) is 6.57. The third-order valence-electron chi connectivity index (χ3n) is 3.69. The predicted octanol–water partition coefficient (Wildman–Crippen LogP) is 2.89. The van der Waals surface area contributed by atoms with Crippen molar-refractivity contribution in [1.29, 1.82) is 0 Å². The molecule has 1 amide bonds. The van der Waals surface area contributed by atoms with Gasteiger partial charge in [-0.3, -0.25) is 4.90 Å². The molecule has 1 aliphatic rings. The van der Waals surface area contributed by atoms with Crippen LogP contribution in [0.25, 0.3) is 0 Å². The van der Waals surface area contributed by atoms with Gasteiger partial charge in [0.05, 0.1) is 13.2 Å². The number of nitrogens with zero attached hydrogens (tertiary/aromatic N) is 1. The highest BCUT2D eigenvalue weighted by Gasteiger charge is 2.31. The Hall–Kier alpha value is -1.75. The Kier molecular flexibility index (Phi) is 4.96. The first-order valence-electron chi connectivity index (χ1n) is 7.66. The molecule has 0 aromatic heterocycles. The standard InChI is InChI=1S/C17H26N2O3/c1-12-6-7-13(10-15(12)21-5)14-11-18-8-9-19(14)16(20)22-17(2,3)4/h6-7,10,14,18H,8-9,11H2,1-5H3. The molecule has 2 rings (SSSR count). The van der Waals surface area contributed by atoms with Gasteiger partial charge in [0.1, 0.15) is 11.4 Å². The smallest absolute Gasteiger partial charge is 0.410 e. The molecule has 1 N–H and O–H groups in total. The molecule has 1 heterocycles. The van der Waals surface area contributed by atoms with E-state index in [9.17, 15) is 4.79 Å². The number of methoxy groups -OCH3 is 1. The van der Waals surface area contributed by atoms with Crippen LogP contribution in [0.5, 0.6) is 5.75 Å². The van der Waals surface area contributed by atoms with Crippen molar-refractivity contribution in [3.63, 3.8) is 0 Å². The highest BCUT2D eigenvalue weighted by Crippen LogP contribution is 2.28. The molecular formula is C17H26N2O3. The highest BCUT2D eigenvalue weighted by atomic mass is 16.6. The van der Waals surface area contributed by atoms with Crippen molar-refractivity contribution in [3.8, 4) is 5.75 Å². The number of ether oxygens (including phenoxy) is 2. The van der Waals surface area contributed by atoms with Crippen LogP contribution in [0, 0.1) is 6.92 Å². The summed E-state index contributed by atoms with van der Waals surface area (Å²) < 4.78 is 10.9. The normalized spacial score (nSPS) is 19.0. The molecule has 0 spiro atoms. The van der Waals surface area contributed by atoms with E-state index in [4.69, 9.17) is 9.47 Å². The second-order valence-corrected chi connectivity index (χ2v) is 6.62. The predicted molar refractivity (Wildman–Crippen MR) is 86.3 cm³/mol. The third-order valence-corrected chi connectivity index (χ3v) is 3.69. The summed E-state index contributed by atoms with van der Waals surface area (Å²) in [4.78, 5) is 14.3. The van der Waals surface area contributed by atoms with Gasteiger partial charge in [0.15, 0.2) is 0 Å². The van der Waals surface area contributed by atoms with Crippen molar-refractivity contribution in [2.75, 3.05) is 26.7 Å². The van der Waals surface area contributed by atoms with Gasteiger partial charge >= 0.3 is 6.09 Å². The maximum atomic E-state index is 12.5. The zero-order valence-electron chi connectivity index (χ0n) is 14.1. The van der Waals surface area contributed by atoms with Crippen molar-refractivity contribution in [2.45, 2.75) is 39.3 Å². The van der Waals surface area contributed by atoms with Gasteiger partial charge < -0.3 is 14.8 Å². The Morgan fingerprint density at radius 3 is 2.73 bits per heavy atom. The molecule has 1 atom stereocenters. The van der Waals surface area contributed by atoms with Gasteiger partial charge in [0, 0.05) is 19.6 Å². The topological polar surface area (TPSA) is 50.8 Å². The largest absolute Gasteiger partial charge is 0.496 e. The summed E-state index contributed by atoms with van der Waals surface area (Å²) in [5, 5.41) is 3.34. The molecule has 1 fully saturated rings. The van der Waals surface area contributed by atoms with Crippen LogP contribution in [0.2, 0.25) is 0 Å². The lowest BCUT2D eigenvalue weighted by molar-refractivity contribution is 0.0118. The minimum absolute atomic E-state index is 0.0434. The maximum Gasteiger partial charge on any atom is 0.410 e. The van der Waals surface area contributed by atoms with Crippen molar-refractivity contribution >= 4 is 6.09 Å². The van der Waals surface area contributed by atoms with Gasteiger partial charge in [-0.1, -0.05) is 12.1 Å². The Morgan fingerprint density at radius 2 is 2.09 bits per heavy atom. The molecule has 1 aromatic carbocycles. The van der Waals surface area contributed by atoms with Crippen LogP contribution < -0.4 is 10.1 Å². The summed E-state index contributed by atoms with van der Waals surface area (Å²) in [7, 11) is 1.66. The number of rotatable bonds is 2. The summed E-state index contributed by atoms with van der Waals surface area (Å²) in [6.45, 7) is 9.79. The minimum Gasteiger partial charge on any atom is -0.496 e. The van der Waals surface area contributed by atoms with E-state index in [0.717, 1.165) is 23.4 Å². The van der Waals surface area contributed by atoms with Gasteiger partial charge in [0.2, 0.25) is 0 Å². The first kappa shape index (κ1) is 16.6. The fraction of sp³-hybridized carbons (Fsp3) is 0.588. The Labute approximate surface area is 132 Å². The van der Waals surface area contributed by atoms with Crippen LogP contribution in [0.4, 0.5) is 4.79 Å².